The van der Waals surface area contributed by atoms with Gasteiger partial charge in [0.2, 0.25) is 0 Å². The van der Waals surface area contributed by atoms with Gasteiger partial charge in [0, 0.05) is 25.6 Å². The fourth-order valence-corrected chi connectivity index (χ4v) is 2.76. The summed E-state index contributed by atoms with van der Waals surface area (Å²) in [5, 5.41) is 3.56. The quantitative estimate of drug-likeness (QED) is 0.710. The van der Waals surface area contributed by atoms with Crippen LogP contribution in [0, 0.1) is 5.41 Å². The highest BCUT2D eigenvalue weighted by molar-refractivity contribution is 6.17. The van der Waals surface area contributed by atoms with E-state index in [9.17, 15) is 0 Å². The van der Waals surface area contributed by atoms with E-state index in [-0.39, 0.29) is 0 Å². The summed E-state index contributed by atoms with van der Waals surface area (Å²) in [5.41, 5.74) is 0.552. The van der Waals surface area contributed by atoms with Crippen molar-refractivity contribution in [2.45, 2.75) is 44.6 Å². The van der Waals surface area contributed by atoms with Crippen molar-refractivity contribution in [3.63, 3.8) is 0 Å². The van der Waals surface area contributed by atoms with E-state index in [1.165, 1.54) is 38.5 Å². The Morgan fingerprint density at radius 2 is 2.20 bits per heavy atom. The SMILES string of the molecule is ClCCC1(CNCC2CCCCO2)CC1. The summed E-state index contributed by atoms with van der Waals surface area (Å²) in [7, 11) is 0. The third-order valence-electron chi connectivity index (χ3n) is 3.73. The molecular weight excluding hydrogens is 210 g/mol. The van der Waals surface area contributed by atoms with Gasteiger partial charge in [0.25, 0.3) is 0 Å². The van der Waals surface area contributed by atoms with Gasteiger partial charge < -0.3 is 10.1 Å². The number of hydrogen-bond acceptors (Lipinski definition) is 2. The molecule has 0 aromatic heterocycles. The van der Waals surface area contributed by atoms with Crippen LogP contribution in [0.3, 0.4) is 0 Å². The van der Waals surface area contributed by atoms with Gasteiger partial charge in [0.15, 0.2) is 0 Å². The number of hydrogen-bond donors (Lipinski definition) is 1. The second kappa shape index (κ2) is 5.51. The molecule has 3 heteroatoms. The minimum atomic E-state index is 0.463. The summed E-state index contributed by atoms with van der Waals surface area (Å²) in [4.78, 5) is 0. The zero-order valence-corrected chi connectivity index (χ0v) is 10.2. The summed E-state index contributed by atoms with van der Waals surface area (Å²) in [6.07, 6.45) is 8.16. The first-order valence-corrected chi connectivity index (χ1v) is 6.76. The maximum absolute atomic E-state index is 5.80. The minimum Gasteiger partial charge on any atom is -0.377 e. The van der Waals surface area contributed by atoms with Crippen molar-refractivity contribution in [2.75, 3.05) is 25.6 Å². The smallest absolute Gasteiger partial charge is 0.0699 e. The molecule has 1 aliphatic carbocycles. The lowest BCUT2D eigenvalue weighted by molar-refractivity contribution is 0.0163. The topological polar surface area (TPSA) is 21.3 Å². The number of nitrogens with one attached hydrogen (secondary N) is 1. The van der Waals surface area contributed by atoms with Gasteiger partial charge in [-0.3, -0.25) is 0 Å². The monoisotopic (exact) mass is 231 g/mol. The third-order valence-corrected chi connectivity index (χ3v) is 3.92. The first-order valence-electron chi connectivity index (χ1n) is 6.23. The number of halogens is 1. The molecule has 1 N–H and O–H groups in total. The van der Waals surface area contributed by atoms with Crippen LogP contribution in [-0.2, 0) is 4.74 Å². The molecule has 88 valence electrons. The van der Waals surface area contributed by atoms with E-state index < -0.39 is 0 Å². The van der Waals surface area contributed by atoms with Gasteiger partial charge in [-0.2, -0.15) is 0 Å². The molecule has 0 radical (unpaired) electrons. The molecular formula is C12H22ClNO. The lowest BCUT2D eigenvalue weighted by Crippen LogP contribution is -2.35. The van der Waals surface area contributed by atoms with Crippen molar-refractivity contribution in [2.24, 2.45) is 5.41 Å². The first-order chi connectivity index (χ1) is 7.35. The van der Waals surface area contributed by atoms with Crippen molar-refractivity contribution in [1.29, 1.82) is 0 Å². The van der Waals surface area contributed by atoms with Crippen LogP contribution in [0.2, 0.25) is 0 Å². The fourth-order valence-electron chi connectivity index (χ4n) is 2.36. The van der Waals surface area contributed by atoms with Crippen LogP contribution in [-0.4, -0.2) is 31.7 Å². The summed E-state index contributed by atoms with van der Waals surface area (Å²) in [6, 6.07) is 0. The Labute approximate surface area is 97.7 Å². The second-order valence-corrected chi connectivity index (χ2v) is 5.44. The zero-order chi connectivity index (χ0) is 10.6. The molecule has 1 saturated carbocycles. The molecule has 0 aromatic rings. The zero-order valence-electron chi connectivity index (χ0n) is 9.43. The van der Waals surface area contributed by atoms with E-state index in [0.29, 0.717) is 11.5 Å². The molecule has 15 heavy (non-hydrogen) atoms. The Balaban J connectivity index is 1.58. The molecule has 2 rings (SSSR count). The average molecular weight is 232 g/mol. The van der Waals surface area contributed by atoms with Crippen molar-refractivity contribution >= 4 is 11.6 Å². The molecule has 2 nitrogen and oxygen atoms in total. The van der Waals surface area contributed by atoms with Gasteiger partial charge in [-0.15, -0.1) is 11.6 Å². The van der Waals surface area contributed by atoms with E-state index in [4.69, 9.17) is 16.3 Å². The van der Waals surface area contributed by atoms with Crippen LogP contribution < -0.4 is 5.32 Å². The van der Waals surface area contributed by atoms with Crippen molar-refractivity contribution in [3.8, 4) is 0 Å². The van der Waals surface area contributed by atoms with E-state index in [2.05, 4.69) is 5.32 Å². The number of alkyl halides is 1. The normalized spacial score (nSPS) is 29.0. The number of rotatable bonds is 6. The predicted molar refractivity (Wildman–Crippen MR) is 63.5 cm³/mol. The Kier molecular flexibility index (Phi) is 4.30. The Hall–Kier alpha value is 0.210. The molecule has 1 saturated heterocycles. The molecule has 1 aliphatic heterocycles. The van der Waals surface area contributed by atoms with E-state index in [1.807, 2.05) is 0 Å². The van der Waals surface area contributed by atoms with E-state index in [0.717, 1.165) is 25.6 Å². The van der Waals surface area contributed by atoms with Gasteiger partial charge in [-0.1, -0.05) is 0 Å². The van der Waals surface area contributed by atoms with Gasteiger partial charge in [-0.25, -0.2) is 0 Å². The minimum absolute atomic E-state index is 0.463. The van der Waals surface area contributed by atoms with Crippen LogP contribution in [0.1, 0.15) is 38.5 Å². The van der Waals surface area contributed by atoms with E-state index in [1.54, 1.807) is 0 Å². The van der Waals surface area contributed by atoms with Crippen LogP contribution in [0.15, 0.2) is 0 Å². The largest absolute Gasteiger partial charge is 0.377 e. The highest BCUT2D eigenvalue weighted by Crippen LogP contribution is 2.48. The maximum atomic E-state index is 5.80. The molecule has 0 amide bonds. The summed E-state index contributed by atoms with van der Waals surface area (Å²) >= 11 is 5.80. The predicted octanol–water partition coefficient (Wildman–Crippen LogP) is 2.55. The molecule has 0 bridgehead atoms. The molecule has 1 unspecified atom stereocenters. The summed E-state index contributed by atoms with van der Waals surface area (Å²) in [6.45, 7) is 3.13. The van der Waals surface area contributed by atoms with E-state index >= 15 is 0 Å². The molecule has 0 aromatic carbocycles. The first kappa shape index (κ1) is 11.7. The standard InChI is InChI=1S/C12H22ClNO/c13-7-6-12(4-5-12)10-14-9-11-3-1-2-8-15-11/h11,14H,1-10H2. The van der Waals surface area contributed by atoms with Crippen LogP contribution in [0.25, 0.3) is 0 Å². The molecule has 1 heterocycles. The van der Waals surface area contributed by atoms with Crippen LogP contribution >= 0.6 is 11.6 Å². The Morgan fingerprint density at radius 3 is 2.80 bits per heavy atom. The average Bonchev–Trinajstić information content (AvgIpc) is 3.00. The lowest BCUT2D eigenvalue weighted by atomic mass is 10.0. The van der Waals surface area contributed by atoms with Gasteiger partial charge >= 0.3 is 0 Å². The van der Waals surface area contributed by atoms with Gasteiger partial charge in [-0.05, 0) is 43.9 Å². The summed E-state index contributed by atoms with van der Waals surface area (Å²) in [5.74, 6) is 0.807. The highest BCUT2D eigenvalue weighted by Gasteiger charge is 2.41. The Morgan fingerprint density at radius 1 is 1.33 bits per heavy atom. The molecule has 2 aliphatic rings. The lowest BCUT2D eigenvalue weighted by Gasteiger charge is -2.24. The fraction of sp³-hybridized carbons (Fsp3) is 1.00. The Bertz CT molecular complexity index is 188. The van der Waals surface area contributed by atoms with Gasteiger partial charge in [0.05, 0.1) is 6.10 Å². The van der Waals surface area contributed by atoms with Gasteiger partial charge in [0.1, 0.15) is 0 Å². The molecule has 2 fully saturated rings. The second-order valence-electron chi connectivity index (χ2n) is 5.06. The van der Waals surface area contributed by atoms with Crippen molar-refractivity contribution in [3.05, 3.63) is 0 Å². The number of ether oxygens (including phenoxy) is 1. The molecule has 1 atom stereocenters. The molecule has 0 spiro atoms. The van der Waals surface area contributed by atoms with Crippen LogP contribution in [0.4, 0.5) is 0 Å². The van der Waals surface area contributed by atoms with Crippen molar-refractivity contribution < 1.29 is 4.74 Å². The van der Waals surface area contributed by atoms with Crippen LogP contribution in [0.5, 0.6) is 0 Å². The maximum Gasteiger partial charge on any atom is 0.0699 e. The third kappa shape index (κ3) is 3.61. The summed E-state index contributed by atoms with van der Waals surface area (Å²) < 4.78 is 5.68. The van der Waals surface area contributed by atoms with Crippen molar-refractivity contribution in [1.82, 2.24) is 5.32 Å². The highest BCUT2D eigenvalue weighted by atomic mass is 35.5.